The first kappa shape index (κ1) is 32.0. The van der Waals surface area contributed by atoms with Crippen molar-refractivity contribution in [3.05, 3.63) is 83.9 Å². The third-order valence-electron chi connectivity index (χ3n) is 6.05. The van der Waals surface area contributed by atoms with Crippen LogP contribution in [0.5, 0.6) is 0 Å². The van der Waals surface area contributed by atoms with E-state index in [-0.39, 0.29) is 37.7 Å². The summed E-state index contributed by atoms with van der Waals surface area (Å²) in [5.74, 6) is -4.17. The smallest absolute Gasteiger partial charge is 0.247 e. The second-order valence-corrected chi connectivity index (χ2v) is 9.17. The number of guanidine groups is 1. The Morgan fingerprint density at radius 3 is 2.12 bits per heavy atom. The molecule has 0 aliphatic carbocycles. The number of carbonyl (C=O) groups is 4. The van der Waals surface area contributed by atoms with E-state index in [0.29, 0.717) is 23.1 Å². The maximum Gasteiger partial charge on any atom is 0.247 e. The molecular formula is C28H37N9O4. The molecule has 0 radical (unpaired) electrons. The molecule has 0 saturated heterocycles. The van der Waals surface area contributed by atoms with Crippen LogP contribution in [0.2, 0.25) is 0 Å². The molecular weight excluding hydrogens is 526 g/mol. The van der Waals surface area contributed by atoms with Crippen LogP contribution in [0.15, 0.2) is 72.2 Å². The Morgan fingerprint density at radius 2 is 1.56 bits per heavy atom. The number of rotatable bonds is 16. The number of amidine groups is 1. The molecule has 0 aliphatic heterocycles. The first-order valence-corrected chi connectivity index (χ1v) is 12.9. The molecule has 13 nitrogen and oxygen atoms in total. The number of nitrogens with zero attached hydrogens (tertiary/aromatic N) is 1. The standard InChI is InChI=1S/C28H37N9O4/c1-2-14-34-25(39)20(16-17-10-12-19(13-11-17)23(29)30)26(40)37-22(18-7-4-3-5-8-18)27(41)36-21(24(31)38)9-6-15-35-28(32)33/h2-5,7-8,10-13,20-22H,1,6,9,14-16H2,(H3,29,30)(H2,31,38)(H,34,39)(H,36,41)(H,37,40)(H4,32,33,35)/t20?,21?,22-/m0/s1. The Bertz CT molecular complexity index is 1260. The van der Waals surface area contributed by atoms with Crippen LogP contribution in [0.4, 0.5) is 0 Å². The Hall–Kier alpha value is -5.20. The fraction of sp³-hybridized carbons (Fsp3) is 0.286. The summed E-state index contributed by atoms with van der Waals surface area (Å²) >= 11 is 0. The first-order chi connectivity index (χ1) is 19.5. The molecule has 3 atom stereocenters. The number of hydrogen-bond acceptors (Lipinski definition) is 6. The fourth-order valence-corrected chi connectivity index (χ4v) is 3.89. The monoisotopic (exact) mass is 563 g/mol. The van der Waals surface area contributed by atoms with Crippen molar-refractivity contribution in [2.75, 3.05) is 13.1 Å². The van der Waals surface area contributed by atoms with Gasteiger partial charge < -0.3 is 38.9 Å². The van der Waals surface area contributed by atoms with Gasteiger partial charge >= 0.3 is 0 Å². The van der Waals surface area contributed by atoms with E-state index >= 15 is 0 Å². The van der Waals surface area contributed by atoms with Crippen molar-refractivity contribution in [2.45, 2.75) is 31.3 Å². The highest BCUT2D eigenvalue weighted by molar-refractivity contribution is 6.02. The number of benzene rings is 2. The van der Waals surface area contributed by atoms with Crippen molar-refractivity contribution in [3.63, 3.8) is 0 Å². The van der Waals surface area contributed by atoms with Gasteiger partial charge in [-0.15, -0.1) is 6.58 Å². The molecule has 0 fully saturated rings. The maximum absolute atomic E-state index is 13.5. The molecule has 0 aromatic heterocycles. The lowest BCUT2D eigenvalue weighted by Gasteiger charge is -2.24. The van der Waals surface area contributed by atoms with Crippen molar-refractivity contribution in [2.24, 2.45) is 33.8 Å². The van der Waals surface area contributed by atoms with Gasteiger partial charge in [0.25, 0.3) is 0 Å². The van der Waals surface area contributed by atoms with E-state index in [1.807, 2.05) is 0 Å². The number of primary amides is 1. The number of hydrogen-bond donors (Lipinski definition) is 8. The normalized spacial score (nSPS) is 12.6. The lowest BCUT2D eigenvalue weighted by atomic mass is 9.95. The Balaban J connectivity index is 2.30. The van der Waals surface area contributed by atoms with Crippen LogP contribution in [-0.2, 0) is 25.6 Å². The summed E-state index contributed by atoms with van der Waals surface area (Å²) in [6, 6.07) is 12.7. The predicted molar refractivity (Wildman–Crippen MR) is 156 cm³/mol. The molecule has 2 aromatic rings. The van der Waals surface area contributed by atoms with Crippen LogP contribution in [0.1, 0.15) is 35.6 Å². The van der Waals surface area contributed by atoms with Crippen LogP contribution in [0.25, 0.3) is 0 Å². The molecule has 0 heterocycles. The van der Waals surface area contributed by atoms with Crippen molar-refractivity contribution in [3.8, 4) is 0 Å². The molecule has 2 rings (SSSR count). The third kappa shape index (κ3) is 10.5. The Labute approximate surface area is 238 Å². The molecule has 2 aromatic carbocycles. The van der Waals surface area contributed by atoms with Crippen LogP contribution >= 0.6 is 0 Å². The van der Waals surface area contributed by atoms with E-state index in [1.165, 1.54) is 6.08 Å². The second kappa shape index (κ2) is 16.0. The second-order valence-electron chi connectivity index (χ2n) is 9.17. The molecule has 12 N–H and O–H groups in total. The van der Waals surface area contributed by atoms with E-state index in [9.17, 15) is 19.2 Å². The number of nitrogen functional groups attached to an aromatic ring is 1. The lowest BCUT2D eigenvalue weighted by Crippen LogP contribution is -2.51. The quantitative estimate of drug-likeness (QED) is 0.0429. The number of amides is 4. The van der Waals surface area contributed by atoms with Gasteiger partial charge in [0.15, 0.2) is 5.96 Å². The highest BCUT2D eigenvalue weighted by Gasteiger charge is 2.32. The zero-order chi connectivity index (χ0) is 30.4. The van der Waals surface area contributed by atoms with E-state index in [4.69, 9.17) is 28.3 Å². The van der Waals surface area contributed by atoms with E-state index in [1.54, 1.807) is 54.6 Å². The zero-order valence-electron chi connectivity index (χ0n) is 22.6. The molecule has 0 saturated carbocycles. The van der Waals surface area contributed by atoms with Crippen LogP contribution < -0.4 is 38.9 Å². The van der Waals surface area contributed by atoms with E-state index in [0.717, 1.165) is 0 Å². The van der Waals surface area contributed by atoms with Gasteiger partial charge in [0.2, 0.25) is 23.6 Å². The van der Waals surface area contributed by atoms with Gasteiger partial charge in [0.1, 0.15) is 23.8 Å². The minimum Gasteiger partial charge on any atom is -0.384 e. The molecule has 0 aliphatic rings. The Morgan fingerprint density at radius 1 is 0.902 bits per heavy atom. The predicted octanol–water partition coefficient (Wildman–Crippen LogP) is -0.687. The highest BCUT2D eigenvalue weighted by atomic mass is 16.2. The SMILES string of the molecule is C=CCNC(=O)C(Cc1ccc(C(=N)N)cc1)C(=O)N[C@H](C(=O)NC(CCCN=C(N)N)C(N)=O)c1ccccc1. The number of nitrogens with two attached hydrogens (primary N) is 4. The minimum absolute atomic E-state index is 0.00479. The lowest BCUT2D eigenvalue weighted by molar-refractivity contribution is -0.138. The van der Waals surface area contributed by atoms with Gasteiger partial charge in [0, 0.05) is 18.7 Å². The molecule has 41 heavy (non-hydrogen) atoms. The first-order valence-electron chi connectivity index (χ1n) is 12.9. The van der Waals surface area contributed by atoms with Gasteiger partial charge in [0.05, 0.1) is 0 Å². The van der Waals surface area contributed by atoms with Crippen LogP contribution in [0, 0.1) is 11.3 Å². The van der Waals surface area contributed by atoms with Crippen molar-refractivity contribution in [1.29, 1.82) is 5.41 Å². The summed E-state index contributed by atoms with van der Waals surface area (Å²) in [6.07, 6.45) is 2.01. The molecule has 2 unspecified atom stereocenters. The topological polar surface area (TPSA) is 245 Å². The maximum atomic E-state index is 13.5. The van der Waals surface area contributed by atoms with Gasteiger partial charge in [-0.3, -0.25) is 29.6 Å². The third-order valence-corrected chi connectivity index (χ3v) is 6.05. The largest absolute Gasteiger partial charge is 0.384 e. The van der Waals surface area contributed by atoms with Gasteiger partial charge in [-0.25, -0.2) is 0 Å². The van der Waals surface area contributed by atoms with Crippen molar-refractivity contribution >= 4 is 35.4 Å². The van der Waals surface area contributed by atoms with Gasteiger partial charge in [-0.1, -0.05) is 60.7 Å². The summed E-state index contributed by atoms with van der Waals surface area (Å²) in [7, 11) is 0. The molecule has 0 bridgehead atoms. The minimum atomic E-state index is -1.24. The molecule has 0 spiro atoms. The summed E-state index contributed by atoms with van der Waals surface area (Å²) < 4.78 is 0. The molecule has 218 valence electrons. The zero-order valence-corrected chi connectivity index (χ0v) is 22.6. The van der Waals surface area contributed by atoms with E-state index < -0.39 is 41.6 Å². The van der Waals surface area contributed by atoms with Crippen LogP contribution in [0.3, 0.4) is 0 Å². The Kier molecular flexibility index (Phi) is 12.5. The summed E-state index contributed by atoms with van der Waals surface area (Å²) in [5, 5.41) is 15.4. The molecule has 13 heteroatoms. The van der Waals surface area contributed by atoms with Gasteiger partial charge in [-0.05, 0) is 30.4 Å². The number of nitrogens with one attached hydrogen (secondary N) is 4. The average Bonchev–Trinajstić information content (AvgIpc) is 2.95. The summed E-state index contributed by atoms with van der Waals surface area (Å²) in [5.41, 5.74) is 23.2. The van der Waals surface area contributed by atoms with E-state index in [2.05, 4.69) is 27.5 Å². The number of carbonyl (C=O) groups excluding carboxylic acids is 4. The fourth-order valence-electron chi connectivity index (χ4n) is 3.89. The summed E-state index contributed by atoms with van der Waals surface area (Å²) in [4.78, 5) is 55.9. The van der Waals surface area contributed by atoms with Crippen molar-refractivity contribution in [1.82, 2.24) is 16.0 Å². The van der Waals surface area contributed by atoms with Gasteiger partial charge in [-0.2, -0.15) is 0 Å². The average molecular weight is 564 g/mol. The summed E-state index contributed by atoms with van der Waals surface area (Å²) in [6.45, 7) is 3.94. The number of aliphatic imine (C=N–C) groups is 1. The highest BCUT2D eigenvalue weighted by Crippen LogP contribution is 2.17. The molecule has 4 amide bonds. The van der Waals surface area contributed by atoms with Crippen LogP contribution in [-0.4, -0.2) is 54.6 Å². The van der Waals surface area contributed by atoms with Crippen molar-refractivity contribution < 1.29 is 19.2 Å².